The van der Waals surface area contributed by atoms with Gasteiger partial charge in [-0.3, -0.25) is 10.2 Å². The lowest BCUT2D eigenvalue weighted by Gasteiger charge is -2.05. The molecule has 0 saturated carbocycles. The summed E-state index contributed by atoms with van der Waals surface area (Å²) in [5.41, 5.74) is 5.46. The summed E-state index contributed by atoms with van der Waals surface area (Å²) < 4.78 is 19.4. The number of rotatable bonds is 8. The van der Waals surface area contributed by atoms with Gasteiger partial charge in [0.2, 0.25) is 5.13 Å². The third-order valence-electron chi connectivity index (χ3n) is 5.22. The molecule has 1 amide bonds. The Hall–Kier alpha value is -4.82. The van der Waals surface area contributed by atoms with E-state index in [2.05, 4.69) is 20.8 Å². The molecule has 8 heteroatoms. The lowest BCUT2D eigenvalue weighted by atomic mass is 10.1. The SMILES string of the molecule is O=C(Nc1sc(N/N=C/c2cccc(Oc3ccccc3)c2)nc1-c1ccc(F)cc1)c1ccccc1. The Bertz CT molecular complexity index is 1520. The maximum absolute atomic E-state index is 13.5. The Morgan fingerprint density at radius 2 is 1.57 bits per heavy atom. The van der Waals surface area contributed by atoms with Crippen molar-refractivity contribution in [3.63, 3.8) is 0 Å². The quantitative estimate of drug-likeness (QED) is 0.169. The van der Waals surface area contributed by atoms with E-state index in [4.69, 9.17) is 4.74 Å². The maximum Gasteiger partial charge on any atom is 0.256 e. The molecule has 6 nitrogen and oxygen atoms in total. The van der Waals surface area contributed by atoms with Crippen LogP contribution in [0.5, 0.6) is 11.5 Å². The van der Waals surface area contributed by atoms with Crippen molar-refractivity contribution in [1.82, 2.24) is 4.98 Å². The fourth-order valence-corrected chi connectivity index (χ4v) is 4.30. The predicted octanol–water partition coefficient (Wildman–Crippen LogP) is 7.44. The molecular formula is C29H21FN4O2S. The van der Waals surface area contributed by atoms with Crippen molar-refractivity contribution in [2.45, 2.75) is 0 Å². The number of ether oxygens (including phenoxy) is 1. The largest absolute Gasteiger partial charge is 0.457 e. The number of benzene rings is 4. The van der Waals surface area contributed by atoms with Gasteiger partial charge in [-0.2, -0.15) is 5.10 Å². The molecule has 1 aromatic heterocycles. The maximum atomic E-state index is 13.5. The standard InChI is InChI=1S/C29H21FN4O2S/c30-23-16-14-21(15-17-23)26-28(33-27(35)22-9-3-1-4-10-22)37-29(32-26)34-31-19-20-8-7-13-25(18-20)36-24-11-5-2-6-12-24/h1-19H,(H,32,34)(H,33,35)/b31-19+. The molecule has 0 spiro atoms. The Balaban J connectivity index is 1.34. The van der Waals surface area contributed by atoms with Gasteiger partial charge in [0.25, 0.3) is 5.91 Å². The topological polar surface area (TPSA) is 75.6 Å². The van der Waals surface area contributed by atoms with Crippen LogP contribution in [0.15, 0.2) is 114 Å². The van der Waals surface area contributed by atoms with Crippen LogP contribution in [-0.4, -0.2) is 17.1 Å². The van der Waals surface area contributed by atoms with E-state index in [0.29, 0.717) is 32.7 Å². The van der Waals surface area contributed by atoms with Gasteiger partial charge in [0, 0.05) is 11.1 Å². The van der Waals surface area contributed by atoms with E-state index < -0.39 is 0 Å². The van der Waals surface area contributed by atoms with Gasteiger partial charge in [0.15, 0.2) is 0 Å². The molecule has 2 N–H and O–H groups in total. The van der Waals surface area contributed by atoms with Gasteiger partial charge in [-0.15, -0.1) is 0 Å². The third kappa shape index (κ3) is 6.25. The van der Waals surface area contributed by atoms with Gasteiger partial charge in [-0.05, 0) is 66.2 Å². The van der Waals surface area contributed by atoms with Crippen LogP contribution < -0.4 is 15.5 Å². The first-order chi connectivity index (χ1) is 18.1. The van der Waals surface area contributed by atoms with Crippen LogP contribution in [-0.2, 0) is 0 Å². The van der Waals surface area contributed by atoms with Crippen molar-refractivity contribution in [2.24, 2.45) is 5.10 Å². The number of thiazole rings is 1. The number of carbonyl (C=O) groups excluding carboxylic acids is 1. The number of aromatic nitrogens is 1. The average Bonchev–Trinajstić information content (AvgIpc) is 3.32. The summed E-state index contributed by atoms with van der Waals surface area (Å²) in [6.07, 6.45) is 1.65. The number of hydrogen-bond acceptors (Lipinski definition) is 6. The van der Waals surface area contributed by atoms with E-state index in [1.807, 2.05) is 60.7 Å². The van der Waals surface area contributed by atoms with Crippen molar-refractivity contribution in [2.75, 3.05) is 10.7 Å². The second-order valence-electron chi connectivity index (χ2n) is 7.88. The van der Waals surface area contributed by atoms with E-state index in [0.717, 1.165) is 11.3 Å². The molecule has 0 radical (unpaired) electrons. The van der Waals surface area contributed by atoms with E-state index in [1.54, 1.807) is 42.6 Å². The fraction of sp³-hybridized carbons (Fsp3) is 0. The minimum atomic E-state index is -0.352. The number of para-hydroxylation sites is 1. The van der Waals surface area contributed by atoms with Crippen LogP contribution in [0.4, 0.5) is 14.5 Å². The molecule has 0 saturated heterocycles. The normalized spacial score (nSPS) is 10.8. The number of halogens is 1. The van der Waals surface area contributed by atoms with E-state index >= 15 is 0 Å². The number of hydrazone groups is 1. The molecule has 0 aliphatic carbocycles. The smallest absolute Gasteiger partial charge is 0.256 e. The number of nitrogens with zero attached hydrogens (tertiary/aromatic N) is 2. The van der Waals surface area contributed by atoms with Crippen LogP contribution in [0.3, 0.4) is 0 Å². The second-order valence-corrected chi connectivity index (χ2v) is 8.88. The molecule has 0 bridgehead atoms. The molecule has 37 heavy (non-hydrogen) atoms. The zero-order valence-corrected chi connectivity index (χ0v) is 20.3. The number of anilines is 2. The predicted molar refractivity (Wildman–Crippen MR) is 146 cm³/mol. The molecule has 0 aliphatic rings. The van der Waals surface area contributed by atoms with E-state index in [9.17, 15) is 9.18 Å². The van der Waals surface area contributed by atoms with Crippen LogP contribution >= 0.6 is 11.3 Å². The summed E-state index contributed by atoms with van der Waals surface area (Å²) in [4.78, 5) is 17.4. The van der Waals surface area contributed by atoms with Crippen molar-refractivity contribution in [3.05, 3.63) is 126 Å². The number of carbonyl (C=O) groups is 1. The van der Waals surface area contributed by atoms with Crippen LogP contribution in [0, 0.1) is 5.82 Å². The summed E-state index contributed by atoms with van der Waals surface area (Å²) in [6.45, 7) is 0. The molecule has 4 aromatic carbocycles. The molecule has 1 heterocycles. The molecule has 0 atom stereocenters. The Kier molecular flexibility index (Phi) is 7.29. The average molecular weight is 509 g/mol. The van der Waals surface area contributed by atoms with Gasteiger partial charge in [-0.1, -0.05) is 59.9 Å². The monoisotopic (exact) mass is 508 g/mol. The van der Waals surface area contributed by atoms with Crippen molar-refractivity contribution >= 4 is 33.6 Å². The highest BCUT2D eigenvalue weighted by molar-refractivity contribution is 7.20. The van der Waals surface area contributed by atoms with Crippen LogP contribution in [0.25, 0.3) is 11.3 Å². The Morgan fingerprint density at radius 1 is 0.865 bits per heavy atom. The molecule has 0 aliphatic heterocycles. The van der Waals surface area contributed by atoms with Gasteiger partial charge < -0.3 is 10.1 Å². The van der Waals surface area contributed by atoms with Crippen molar-refractivity contribution in [1.29, 1.82) is 0 Å². The molecule has 0 unspecified atom stereocenters. The zero-order chi connectivity index (χ0) is 25.5. The van der Waals surface area contributed by atoms with E-state index in [1.165, 1.54) is 23.5 Å². The number of amides is 1. The number of hydrogen-bond donors (Lipinski definition) is 2. The molecule has 0 fully saturated rings. The minimum Gasteiger partial charge on any atom is -0.457 e. The van der Waals surface area contributed by atoms with Gasteiger partial charge >= 0.3 is 0 Å². The molecule has 5 aromatic rings. The third-order valence-corrected chi connectivity index (χ3v) is 6.09. The van der Waals surface area contributed by atoms with E-state index in [-0.39, 0.29) is 11.7 Å². The Labute approximate surface area is 217 Å². The lowest BCUT2D eigenvalue weighted by molar-refractivity contribution is 0.102. The summed E-state index contributed by atoms with van der Waals surface area (Å²) >= 11 is 1.24. The van der Waals surface area contributed by atoms with Crippen molar-refractivity contribution in [3.8, 4) is 22.8 Å². The van der Waals surface area contributed by atoms with Crippen molar-refractivity contribution < 1.29 is 13.9 Å². The summed E-state index contributed by atoms with van der Waals surface area (Å²) in [6, 6.07) is 31.9. The first kappa shape index (κ1) is 23.9. The fourth-order valence-electron chi connectivity index (χ4n) is 3.47. The molecular weight excluding hydrogens is 487 g/mol. The lowest BCUT2D eigenvalue weighted by Crippen LogP contribution is -2.11. The molecule has 182 valence electrons. The highest BCUT2D eigenvalue weighted by Gasteiger charge is 2.16. The van der Waals surface area contributed by atoms with Gasteiger partial charge in [0.1, 0.15) is 28.0 Å². The summed E-state index contributed by atoms with van der Waals surface area (Å²) in [7, 11) is 0. The van der Waals surface area contributed by atoms with Crippen LogP contribution in [0.2, 0.25) is 0 Å². The minimum absolute atomic E-state index is 0.266. The second kappa shape index (κ2) is 11.3. The van der Waals surface area contributed by atoms with Gasteiger partial charge in [0.05, 0.1) is 6.21 Å². The zero-order valence-electron chi connectivity index (χ0n) is 19.5. The highest BCUT2D eigenvalue weighted by Crippen LogP contribution is 2.36. The Morgan fingerprint density at radius 3 is 2.32 bits per heavy atom. The van der Waals surface area contributed by atoms with Crippen LogP contribution in [0.1, 0.15) is 15.9 Å². The summed E-state index contributed by atoms with van der Waals surface area (Å²) in [5, 5.41) is 8.21. The van der Waals surface area contributed by atoms with Gasteiger partial charge in [-0.25, -0.2) is 9.37 Å². The first-order valence-corrected chi connectivity index (χ1v) is 12.2. The molecule has 5 rings (SSSR count). The number of nitrogens with one attached hydrogen (secondary N) is 2. The first-order valence-electron chi connectivity index (χ1n) is 11.4. The summed E-state index contributed by atoms with van der Waals surface area (Å²) in [5.74, 6) is 0.818. The highest BCUT2D eigenvalue weighted by atomic mass is 32.1.